The molecule has 0 saturated carbocycles. The van der Waals surface area contributed by atoms with Crippen molar-refractivity contribution in [2.24, 2.45) is 0 Å². The van der Waals surface area contributed by atoms with Gasteiger partial charge >= 0.3 is 0 Å². The molecule has 0 radical (unpaired) electrons. The summed E-state index contributed by atoms with van der Waals surface area (Å²) in [6.45, 7) is 7.96. The molecule has 0 bridgehead atoms. The van der Waals surface area contributed by atoms with Gasteiger partial charge in [0, 0.05) is 38.3 Å². The van der Waals surface area contributed by atoms with Crippen molar-refractivity contribution in [3.8, 4) is 0 Å². The molecule has 0 aliphatic heterocycles. The van der Waals surface area contributed by atoms with E-state index in [1.165, 1.54) is 46.0 Å². The summed E-state index contributed by atoms with van der Waals surface area (Å²) in [5, 5.41) is 2.74. The highest BCUT2D eigenvalue weighted by molar-refractivity contribution is 7.89. The van der Waals surface area contributed by atoms with Gasteiger partial charge in [0.15, 0.2) is 0 Å². The minimum Gasteiger partial charge on any atom is -0.348 e. The maximum Gasteiger partial charge on any atom is 0.251 e. The maximum absolute atomic E-state index is 12.7. The summed E-state index contributed by atoms with van der Waals surface area (Å²) in [7, 11) is -5.71. The Hall–Kier alpha value is -2.27. The summed E-state index contributed by atoms with van der Waals surface area (Å²) in [6.07, 6.45) is 0. The Morgan fingerprint density at radius 1 is 0.906 bits per heavy atom. The van der Waals surface area contributed by atoms with E-state index in [1.807, 2.05) is 0 Å². The number of hydrogen-bond acceptors (Lipinski definition) is 5. The summed E-state index contributed by atoms with van der Waals surface area (Å²) in [5.74, 6) is -0.419. The summed E-state index contributed by atoms with van der Waals surface area (Å²) in [5.41, 5.74) is 0.951. The van der Waals surface area contributed by atoms with Crippen molar-refractivity contribution in [2.45, 2.75) is 50.1 Å². The second-order valence-electron chi connectivity index (χ2n) is 7.56. The Morgan fingerprint density at radius 2 is 1.50 bits per heavy atom. The van der Waals surface area contributed by atoms with Gasteiger partial charge in [-0.1, -0.05) is 32.0 Å². The highest BCUT2D eigenvalue weighted by atomic mass is 32.2. The van der Waals surface area contributed by atoms with Crippen molar-refractivity contribution in [2.75, 3.05) is 20.1 Å². The van der Waals surface area contributed by atoms with E-state index in [9.17, 15) is 21.6 Å². The van der Waals surface area contributed by atoms with Crippen LogP contribution in [-0.2, 0) is 26.6 Å². The molecule has 0 unspecified atom stereocenters. The second kappa shape index (κ2) is 10.6. The summed E-state index contributed by atoms with van der Waals surface area (Å²) < 4.78 is 53.1. The minimum atomic E-state index is -3.66. The molecule has 1 N–H and O–H groups in total. The zero-order valence-corrected chi connectivity index (χ0v) is 20.7. The molecular formula is C22H31N3O5S2. The first-order chi connectivity index (χ1) is 14.9. The molecule has 2 aromatic rings. The van der Waals surface area contributed by atoms with E-state index < -0.39 is 26.0 Å². The summed E-state index contributed by atoms with van der Waals surface area (Å²) >= 11 is 0. The van der Waals surface area contributed by atoms with Crippen LogP contribution in [0.1, 0.15) is 43.6 Å². The second-order valence-corrected chi connectivity index (χ2v) is 11.5. The van der Waals surface area contributed by atoms with E-state index in [-0.39, 0.29) is 27.9 Å². The summed E-state index contributed by atoms with van der Waals surface area (Å²) in [4.78, 5) is 12.8. The number of amides is 1. The first kappa shape index (κ1) is 26.0. The lowest BCUT2D eigenvalue weighted by Gasteiger charge is -2.21. The van der Waals surface area contributed by atoms with E-state index in [4.69, 9.17) is 0 Å². The molecule has 0 spiro atoms. The van der Waals surface area contributed by atoms with Crippen LogP contribution in [0.5, 0.6) is 0 Å². The molecule has 2 aromatic carbocycles. The zero-order chi connectivity index (χ0) is 24.1. The van der Waals surface area contributed by atoms with Gasteiger partial charge in [0.25, 0.3) is 5.91 Å². The van der Waals surface area contributed by atoms with E-state index in [0.717, 1.165) is 5.56 Å². The number of carbonyl (C=O) groups is 1. The fraction of sp³-hybridized carbons (Fsp3) is 0.409. The smallest absolute Gasteiger partial charge is 0.251 e. The zero-order valence-electron chi connectivity index (χ0n) is 19.1. The van der Waals surface area contributed by atoms with Crippen molar-refractivity contribution in [3.63, 3.8) is 0 Å². The van der Waals surface area contributed by atoms with Gasteiger partial charge in [-0.05, 0) is 49.7 Å². The molecule has 0 atom stereocenters. The normalized spacial score (nSPS) is 12.5. The average Bonchev–Trinajstić information content (AvgIpc) is 2.77. The van der Waals surface area contributed by atoms with Crippen LogP contribution in [0.3, 0.4) is 0 Å². The van der Waals surface area contributed by atoms with Gasteiger partial charge in [0.1, 0.15) is 0 Å². The lowest BCUT2D eigenvalue weighted by atomic mass is 10.2. The van der Waals surface area contributed by atoms with Crippen molar-refractivity contribution in [1.82, 2.24) is 13.9 Å². The SMILES string of the molecule is CCN(CC)S(=O)(=O)c1cccc(C(=O)NCc2ccc(S(=O)(=O)N(C)C(C)C)cc2)c1. The first-order valence-electron chi connectivity index (χ1n) is 10.4. The van der Waals surface area contributed by atoms with Gasteiger partial charge in [0.2, 0.25) is 20.0 Å². The number of sulfonamides is 2. The maximum atomic E-state index is 12.7. The highest BCUT2D eigenvalue weighted by Crippen LogP contribution is 2.18. The van der Waals surface area contributed by atoms with E-state index in [2.05, 4.69) is 5.32 Å². The Bertz CT molecular complexity index is 1140. The van der Waals surface area contributed by atoms with Crippen LogP contribution in [-0.4, -0.2) is 57.5 Å². The molecule has 0 aliphatic rings. The number of nitrogens with one attached hydrogen (secondary N) is 1. The van der Waals surface area contributed by atoms with Crippen molar-refractivity contribution < 1.29 is 21.6 Å². The minimum absolute atomic E-state index is 0.0673. The third-order valence-electron chi connectivity index (χ3n) is 5.22. The molecule has 32 heavy (non-hydrogen) atoms. The van der Waals surface area contributed by atoms with Gasteiger partial charge in [0.05, 0.1) is 9.79 Å². The van der Waals surface area contributed by atoms with Gasteiger partial charge in [-0.3, -0.25) is 4.79 Å². The molecule has 1 amide bonds. The van der Waals surface area contributed by atoms with Crippen LogP contribution < -0.4 is 5.32 Å². The number of benzene rings is 2. The van der Waals surface area contributed by atoms with Crippen molar-refractivity contribution in [1.29, 1.82) is 0 Å². The molecule has 0 heterocycles. The Labute approximate surface area is 191 Å². The van der Waals surface area contributed by atoms with Crippen LogP contribution >= 0.6 is 0 Å². The molecule has 0 aliphatic carbocycles. The monoisotopic (exact) mass is 481 g/mol. The fourth-order valence-corrected chi connectivity index (χ4v) is 5.89. The quantitative estimate of drug-likeness (QED) is 0.562. The molecule has 2 rings (SSSR count). The molecule has 176 valence electrons. The number of hydrogen-bond donors (Lipinski definition) is 1. The molecule has 0 aromatic heterocycles. The highest BCUT2D eigenvalue weighted by Gasteiger charge is 2.24. The lowest BCUT2D eigenvalue weighted by molar-refractivity contribution is 0.0950. The predicted molar refractivity (Wildman–Crippen MR) is 124 cm³/mol. The predicted octanol–water partition coefficient (Wildman–Crippen LogP) is 2.68. The molecule has 8 nitrogen and oxygen atoms in total. The molecule has 0 saturated heterocycles. The van der Waals surface area contributed by atoms with E-state index >= 15 is 0 Å². The van der Waals surface area contributed by atoms with Gasteiger partial charge in [-0.25, -0.2) is 16.8 Å². The Morgan fingerprint density at radius 3 is 2.03 bits per heavy atom. The van der Waals surface area contributed by atoms with Crippen LogP contribution in [0.15, 0.2) is 58.3 Å². The average molecular weight is 482 g/mol. The fourth-order valence-electron chi connectivity index (χ4n) is 3.02. The summed E-state index contributed by atoms with van der Waals surface area (Å²) in [6, 6.07) is 12.0. The molecule has 10 heteroatoms. The standard InChI is InChI=1S/C22H31N3O5S2/c1-6-25(7-2)32(29,30)21-10-8-9-19(15-21)22(26)23-16-18-11-13-20(14-12-18)31(27,28)24(5)17(3)4/h8-15,17H,6-7,16H2,1-5H3,(H,23,26). The van der Waals surface area contributed by atoms with E-state index in [1.54, 1.807) is 45.9 Å². The number of carbonyl (C=O) groups excluding carboxylic acids is 1. The van der Waals surface area contributed by atoms with Crippen LogP contribution in [0.4, 0.5) is 0 Å². The largest absolute Gasteiger partial charge is 0.348 e. The van der Waals surface area contributed by atoms with Gasteiger partial charge in [-0.15, -0.1) is 0 Å². The number of nitrogens with zero attached hydrogens (tertiary/aromatic N) is 2. The number of rotatable bonds is 10. The van der Waals surface area contributed by atoms with Crippen molar-refractivity contribution in [3.05, 3.63) is 59.7 Å². The van der Waals surface area contributed by atoms with Crippen LogP contribution in [0.2, 0.25) is 0 Å². The lowest BCUT2D eigenvalue weighted by Crippen LogP contribution is -2.33. The van der Waals surface area contributed by atoms with Gasteiger partial charge in [-0.2, -0.15) is 8.61 Å². The van der Waals surface area contributed by atoms with Crippen LogP contribution in [0, 0.1) is 0 Å². The topological polar surface area (TPSA) is 104 Å². The van der Waals surface area contributed by atoms with Crippen molar-refractivity contribution >= 4 is 26.0 Å². The van der Waals surface area contributed by atoms with E-state index in [0.29, 0.717) is 13.1 Å². The molecular weight excluding hydrogens is 450 g/mol. The van der Waals surface area contributed by atoms with Gasteiger partial charge < -0.3 is 5.32 Å². The first-order valence-corrected chi connectivity index (χ1v) is 13.3. The Kier molecular flexibility index (Phi) is 8.58. The van der Waals surface area contributed by atoms with Crippen LogP contribution in [0.25, 0.3) is 0 Å². The third kappa shape index (κ3) is 5.74. The Balaban J connectivity index is 2.12. The molecule has 0 fully saturated rings. The third-order valence-corrected chi connectivity index (χ3v) is 9.31.